The second-order valence-corrected chi connectivity index (χ2v) is 5.18. The molecule has 0 spiro atoms. The Kier molecular flexibility index (Phi) is 4.29. The molecule has 2 aromatic rings. The van der Waals surface area contributed by atoms with Crippen molar-refractivity contribution < 1.29 is 27.4 Å². The molecule has 1 aliphatic rings. The molecule has 124 valence electrons. The molecule has 0 aliphatic carbocycles. The van der Waals surface area contributed by atoms with E-state index in [4.69, 9.17) is 9.47 Å². The molecule has 1 aliphatic heterocycles. The summed E-state index contributed by atoms with van der Waals surface area (Å²) in [4.78, 5) is 12.1. The van der Waals surface area contributed by atoms with Gasteiger partial charge < -0.3 is 9.47 Å². The fourth-order valence-electron chi connectivity index (χ4n) is 2.28. The quantitative estimate of drug-likeness (QED) is 0.617. The Morgan fingerprint density at radius 1 is 1.00 bits per heavy atom. The Hall–Kier alpha value is -2.76. The zero-order valence-electron chi connectivity index (χ0n) is 12.5. The molecule has 2 aromatic carbocycles. The van der Waals surface area contributed by atoms with Gasteiger partial charge in [0.25, 0.3) is 0 Å². The lowest BCUT2D eigenvalue weighted by atomic mass is 10.1. The third kappa shape index (κ3) is 3.59. The Bertz CT molecular complexity index is 794. The Labute approximate surface area is 136 Å². The van der Waals surface area contributed by atoms with Gasteiger partial charge in [-0.05, 0) is 35.9 Å². The van der Waals surface area contributed by atoms with E-state index >= 15 is 0 Å². The van der Waals surface area contributed by atoms with Gasteiger partial charge in [0.05, 0.1) is 5.56 Å². The summed E-state index contributed by atoms with van der Waals surface area (Å²) in [7, 11) is 0. The molecular weight excluding hydrogens is 321 g/mol. The van der Waals surface area contributed by atoms with Crippen LogP contribution in [0, 0.1) is 0 Å². The molecule has 0 aromatic heterocycles. The molecule has 3 rings (SSSR count). The number of carbonyl (C=O) groups is 1. The Morgan fingerprint density at radius 2 is 1.75 bits per heavy atom. The van der Waals surface area contributed by atoms with Gasteiger partial charge in [-0.1, -0.05) is 24.3 Å². The van der Waals surface area contributed by atoms with Crippen LogP contribution in [-0.4, -0.2) is 19.0 Å². The lowest BCUT2D eigenvalue weighted by molar-refractivity contribution is -0.137. The number of rotatable bonds is 3. The molecule has 0 radical (unpaired) electrons. The fraction of sp³-hybridized carbons (Fsp3) is 0.167. The number of halogens is 3. The highest BCUT2D eigenvalue weighted by Crippen LogP contribution is 2.31. The Morgan fingerprint density at radius 3 is 2.50 bits per heavy atom. The first-order valence-electron chi connectivity index (χ1n) is 7.23. The summed E-state index contributed by atoms with van der Waals surface area (Å²) in [6.07, 6.45) is -1.71. The van der Waals surface area contributed by atoms with Crippen LogP contribution in [0.3, 0.4) is 0 Å². The summed E-state index contributed by atoms with van der Waals surface area (Å²) in [5.74, 6) is 0.702. The van der Waals surface area contributed by atoms with E-state index in [1.807, 2.05) is 0 Å². The zero-order valence-corrected chi connectivity index (χ0v) is 12.5. The van der Waals surface area contributed by atoms with Crippen molar-refractivity contribution in [3.8, 4) is 11.5 Å². The van der Waals surface area contributed by atoms with Crippen molar-refractivity contribution >= 4 is 11.9 Å². The summed E-state index contributed by atoms with van der Waals surface area (Å²) in [5.41, 5.74) is -0.167. The molecule has 6 heteroatoms. The molecular formula is C18H13F3O3. The average Bonchev–Trinajstić information content (AvgIpc) is 2.59. The maximum absolute atomic E-state index is 12.7. The summed E-state index contributed by atoms with van der Waals surface area (Å²) >= 11 is 0. The minimum atomic E-state index is -4.48. The summed E-state index contributed by atoms with van der Waals surface area (Å²) < 4.78 is 48.9. The van der Waals surface area contributed by atoms with Gasteiger partial charge in [-0.25, -0.2) is 0 Å². The van der Waals surface area contributed by atoms with E-state index in [0.717, 1.165) is 12.1 Å². The van der Waals surface area contributed by atoms with E-state index in [0.29, 0.717) is 30.3 Å². The highest BCUT2D eigenvalue weighted by atomic mass is 19.4. The normalized spacial score (nSPS) is 14.0. The van der Waals surface area contributed by atoms with E-state index in [9.17, 15) is 18.0 Å². The van der Waals surface area contributed by atoms with Crippen LogP contribution in [0.15, 0.2) is 48.5 Å². The van der Waals surface area contributed by atoms with Crippen molar-refractivity contribution in [3.05, 3.63) is 65.2 Å². The second-order valence-electron chi connectivity index (χ2n) is 5.18. The van der Waals surface area contributed by atoms with E-state index in [1.54, 1.807) is 18.2 Å². The number of fused-ring (bicyclic) bond motifs is 1. The van der Waals surface area contributed by atoms with Crippen LogP contribution >= 0.6 is 0 Å². The van der Waals surface area contributed by atoms with Gasteiger partial charge in [-0.2, -0.15) is 13.2 Å². The number of alkyl halides is 3. The molecule has 0 bridgehead atoms. The van der Waals surface area contributed by atoms with Crippen LogP contribution in [0.25, 0.3) is 6.08 Å². The van der Waals surface area contributed by atoms with Crippen molar-refractivity contribution in [2.45, 2.75) is 6.18 Å². The highest BCUT2D eigenvalue weighted by molar-refractivity contribution is 6.06. The van der Waals surface area contributed by atoms with Crippen LogP contribution < -0.4 is 9.47 Å². The number of ether oxygens (including phenoxy) is 2. The average molecular weight is 334 g/mol. The van der Waals surface area contributed by atoms with Gasteiger partial charge in [0.2, 0.25) is 0 Å². The lowest BCUT2D eigenvalue weighted by Gasteiger charge is -2.18. The van der Waals surface area contributed by atoms with Gasteiger partial charge in [0.15, 0.2) is 17.3 Å². The highest BCUT2D eigenvalue weighted by Gasteiger charge is 2.30. The van der Waals surface area contributed by atoms with Crippen LogP contribution in [0.4, 0.5) is 13.2 Å². The van der Waals surface area contributed by atoms with E-state index in [2.05, 4.69) is 0 Å². The first kappa shape index (κ1) is 16.1. The number of benzene rings is 2. The summed E-state index contributed by atoms with van der Waals surface area (Å²) in [5, 5.41) is 0. The van der Waals surface area contributed by atoms with Crippen molar-refractivity contribution in [1.29, 1.82) is 0 Å². The third-order valence-electron chi connectivity index (χ3n) is 3.47. The maximum Gasteiger partial charge on any atom is 0.416 e. The van der Waals surface area contributed by atoms with E-state index in [1.165, 1.54) is 24.3 Å². The summed E-state index contributed by atoms with van der Waals surface area (Å²) in [6.45, 7) is 0.930. The number of allylic oxidation sites excluding steroid dienone is 1. The van der Waals surface area contributed by atoms with Crippen molar-refractivity contribution in [1.82, 2.24) is 0 Å². The van der Waals surface area contributed by atoms with Gasteiger partial charge in [-0.3, -0.25) is 4.79 Å². The van der Waals surface area contributed by atoms with Crippen molar-refractivity contribution in [2.75, 3.05) is 13.2 Å². The smallest absolute Gasteiger partial charge is 0.416 e. The summed E-state index contributed by atoms with van der Waals surface area (Å²) in [6, 6.07) is 9.52. The number of ketones is 1. The molecule has 0 N–H and O–H groups in total. The number of hydrogen-bond acceptors (Lipinski definition) is 3. The molecule has 0 unspecified atom stereocenters. The molecule has 0 atom stereocenters. The number of hydrogen-bond donors (Lipinski definition) is 0. The van der Waals surface area contributed by atoms with Crippen LogP contribution in [0.2, 0.25) is 0 Å². The largest absolute Gasteiger partial charge is 0.486 e. The van der Waals surface area contributed by atoms with Gasteiger partial charge in [0, 0.05) is 5.56 Å². The predicted molar refractivity (Wildman–Crippen MR) is 82.2 cm³/mol. The third-order valence-corrected chi connectivity index (χ3v) is 3.47. The van der Waals surface area contributed by atoms with Crippen LogP contribution in [0.5, 0.6) is 11.5 Å². The van der Waals surface area contributed by atoms with Crippen molar-refractivity contribution in [3.63, 3.8) is 0 Å². The Balaban J connectivity index is 1.78. The maximum atomic E-state index is 12.7. The van der Waals surface area contributed by atoms with Gasteiger partial charge in [-0.15, -0.1) is 0 Å². The minimum Gasteiger partial charge on any atom is -0.486 e. The minimum absolute atomic E-state index is 0.0152. The number of carbonyl (C=O) groups excluding carboxylic acids is 1. The molecule has 1 heterocycles. The molecule has 0 saturated heterocycles. The first-order chi connectivity index (χ1) is 11.4. The predicted octanol–water partition coefficient (Wildman–Crippen LogP) is 4.37. The SMILES string of the molecule is O=C(/C=C/c1ccc2c(c1)OCCO2)c1cccc(C(F)(F)F)c1. The standard InChI is InChI=1S/C18H13F3O3/c19-18(20,21)14-3-1-2-13(11-14)15(22)6-4-12-5-7-16-17(10-12)24-9-8-23-16/h1-7,10-11H,8-9H2/b6-4+. The zero-order chi connectivity index (χ0) is 17.2. The molecule has 0 saturated carbocycles. The molecule has 0 fully saturated rings. The second kappa shape index (κ2) is 6.39. The van der Waals surface area contributed by atoms with E-state index < -0.39 is 17.5 Å². The van der Waals surface area contributed by atoms with Gasteiger partial charge >= 0.3 is 6.18 Å². The molecule has 0 amide bonds. The van der Waals surface area contributed by atoms with Gasteiger partial charge in [0.1, 0.15) is 13.2 Å². The van der Waals surface area contributed by atoms with E-state index in [-0.39, 0.29) is 5.56 Å². The van der Waals surface area contributed by atoms with Crippen LogP contribution in [0.1, 0.15) is 21.5 Å². The lowest BCUT2D eigenvalue weighted by Crippen LogP contribution is -2.15. The van der Waals surface area contributed by atoms with Crippen LogP contribution in [-0.2, 0) is 6.18 Å². The topological polar surface area (TPSA) is 35.5 Å². The monoisotopic (exact) mass is 334 g/mol. The van der Waals surface area contributed by atoms with Crippen molar-refractivity contribution in [2.24, 2.45) is 0 Å². The first-order valence-corrected chi connectivity index (χ1v) is 7.23. The fourth-order valence-corrected chi connectivity index (χ4v) is 2.28. The molecule has 24 heavy (non-hydrogen) atoms. The molecule has 3 nitrogen and oxygen atoms in total.